The average Bonchev–Trinajstić information content (AvgIpc) is 2.56. The summed E-state index contributed by atoms with van der Waals surface area (Å²) in [6, 6.07) is 2.38. The summed E-state index contributed by atoms with van der Waals surface area (Å²) in [5, 5.41) is 9.40. The number of likely N-dealkylation sites (tertiary alicyclic amines) is 1. The van der Waals surface area contributed by atoms with Crippen LogP contribution in [0.1, 0.15) is 29.0 Å². The molecule has 3 rings (SSSR count). The standard InChI is InChI=1S/C16H17N3O5/c1-10-8-17-16(18-9-10)23-12-2-4-19(5-3-12)15(22)13-6-11(20)7-14(21)24-13/h6-9,12,20H,2-5H2,1H3. The number of rotatable bonds is 3. The summed E-state index contributed by atoms with van der Waals surface area (Å²) in [5.41, 5.74) is 0.198. The lowest BCUT2D eigenvalue weighted by molar-refractivity contribution is 0.0545. The zero-order valence-electron chi connectivity index (χ0n) is 13.1. The first-order valence-electron chi connectivity index (χ1n) is 7.60. The molecule has 0 aliphatic carbocycles. The highest BCUT2D eigenvalue weighted by molar-refractivity contribution is 5.91. The molecule has 0 aromatic carbocycles. The van der Waals surface area contributed by atoms with Crippen LogP contribution in [0.5, 0.6) is 11.8 Å². The van der Waals surface area contributed by atoms with Gasteiger partial charge in [0.25, 0.3) is 5.91 Å². The van der Waals surface area contributed by atoms with E-state index in [9.17, 15) is 14.7 Å². The fourth-order valence-electron chi connectivity index (χ4n) is 2.49. The summed E-state index contributed by atoms with van der Waals surface area (Å²) in [6.45, 7) is 2.80. The van der Waals surface area contributed by atoms with Crippen LogP contribution in [-0.4, -0.2) is 45.1 Å². The second-order valence-corrected chi connectivity index (χ2v) is 5.65. The van der Waals surface area contributed by atoms with Crippen LogP contribution >= 0.6 is 0 Å². The number of carbonyl (C=O) groups is 1. The molecule has 1 saturated heterocycles. The molecule has 1 aliphatic rings. The Kier molecular flexibility index (Phi) is 4.45. The smallest absolute Gasteiger partial charge is 0.340 e. The van der Waals surface area contributed by atoms with Gasteiger partial charge < -0.3 is 19.2 Å². The van der Waals surface area contributed by atoms with Gasteiger partial charge in [-0.25, -0.2) is 14.8 Å². The van der Waals surface area contributed by atoms with Crippen molar-refractivity contribution in [3.8, 4) is 11.8 Å². The van der Waals surface area contributed by atoms with E-state index in [1.165, 1.54) is 0 Å². The van der Waals surface area contributed by atoms with E-state index in [4.69, 9.17) is 9.15 Å². The van der Waals surface area contributed by atoms with Gasteiger partial charge in [-0.3, -0.25) is 4.79 Å². The van der Waals surface area contributed by atoms with Crippen LogP contribution in [0.2, 0.25) is 0 Å². The average molecular weight is 331 g/mol. The van der Waals surface area contributed by atoms with Crippen LogP contribution in [0.15, 0.2) is 33.7 Å². The van der Waals surface area contributed by atoms with Crippen molar-refractivity contribution in [3.63, 3.8) is 0 Å². The maximum Gasteiger partial charge on any atom is 0.340 e. The third-order valence-electron chi connectivity index (χ3n) is 3.72. The number of hydrogen-bond donors (Lipinski definition) is 1. The van der Waals surface area contributed by atoms with Crippen LogP contribution in [0.4, 0.5) is 0 Å². The molecule has 126 valence electrons. The zero-order valence-corrected chi connectivity index (χ0v) is 13.1. The lowest BCUT2D eigenvalue weighted by Crippen LogP contribution is -2.42. The Hall–Kier alpha value is -2.90. The highest BCUT2D eigenvalue weighted by Gasteiger charge is 2.26. The van der Waals surface area contributed by atoms with Gasteiger partial charge >= 0.3 is 11.6 Å². The van der Waals surface area contributed by atoms with Crippen molar-refractivity contribution in [2.45, 2.75) is 25.9 Å². The molecule has 1 aliphatic heterocycles. The van der Waals surface area contributed by atoms with Gasteiger partial charge in [-0.15, -0.1) is 0 Å². The Balaban J connectivity index is 1.59. The van der Waals surface area contributed by atoms with Crippen molar-refractivity contribution in [3.05, 3.63) is 46.3 Å². The van der Waals surface area contributed by atoms with Gasteiger partial charge in [0.05, 0.1) is 6.07 Å². The predicted octanol–water partition coefficient (Wildman–Crippen LogP) is 1.13. The molecule has 0 spiro atoms. The minimum Gasteiger partial charge on any atom is -0.508 e. The number of aromatic hydroxyl groups is 1. The first kappa shape index (κ1) is 16.0. The van der Waals surface area contributed by atoms with Gasteiger partial charge in [0.15, 0.2) is 5.76 Å². The molecule has 2 aromatic heterocycles. The molecule has 1 fully saturated rings. The molecule has 8 heteroatoms. The third-order valence-corrected chi connectivity index (χ3v) is 3.72. The van der Waals surface area contributed by atoms with Crippen LogP contribution < -0.4 is 10.4 Å². The van der Waals surface area contributed by atoms with E-state index in [0.29, 0.717) is 31.9 Å². The third kappa shape index (κ3) is 3.70. The highest BCUT2D eigenvalue weighted by atomic mass is 16.5. The number of aromatic nitrogens is 2. The number of piperidine rings is 1. The first-order chi connectivity index (χ1) is 11.5. The summed E-state index contributed by atoms with van der Waals surface area (Å²) in [5.74, 6) is -0.876. The van der Waals surface area contributed by atoms with Crippen molar-refractivity contribution in [2.24, 2.45) is 0 Å². The molecule has 0 saturated carbocycles. The van der Waals surface area contributed by atoms with Gasteiger partial charge in [-0.1, -0.05) is 0 Å². The van der Waals surface area contributed by atoms with E-state index < -0.39 is 11.5 Å². The second-order valence-electron chi connectivity index (χ2n) is 5.65. The van der Waals surface area contributed by atoms with E-state index in [0.717, 1.165) is 17.7 Å². The molecule has 0 bridgehead atoms. The quantitative estimate of drug-likeness (QED) is 0.898. The number of carbonyl (C=O) groups excluding carboxylic acids is 1. The topological polar surface area (TPSA) is 106 Å². The first-order valence-corrected chi connectivity index (χ1v) is 7.60. The monoisotopic (exact) mass is 331 g/mol. The molecular weight excluding hydrogens is 314 g/mol. The Morgan fingerprint density at radius 1 is 1.29 bits per heavy atom. The Morgan fingerprint density at radius 2 is 1.96 bits per heavy atom. The summed E-state index contributed by atoms with van der Waals surface area (Å²) in [7, 11) is 0. The number of ether oxygens (including phenoxy) is 1. The molecular formula is C16H17N3O5. The van der Waals surface area contributed by atoms with E-state index in [-0.39, 0.29) is 17.6 Å². The number of aryl methyl sites for hydroxylation is 1. The maximum atomic E-state index is 12.3. The summed E-state index contributed by atoms with van der Waals surface area (Å²) in [6.07, 6.45) is 4.53. The molecule has 2 aromatic rings. The van der Waals surface area contributed by atoms with Gasteiger partial charge in [-0.2, -0.15) is 0 Å². The van der Waals surface area contributed by atoms with E-state index in [2.05, 4.69) is 9.97 Å². The minimum atomic E-state index is -0.756. The number of hydrogen-bond acceptors (Lipinski definition) is 7. The fraction of sp³-hybridized carbons (Fsp3) is 0.375. The molecule has 1 amide bonds. The Labute approximate surface area is 137 Å². The molecule has 0 atom stereocenters. The molecule has 0 radical (unpaired) electrons. The van der Waals surface area contributed by atoms with Crippen LogP contribution in [-0.2, 0) is 0 Å². The largest absolute Gasteiger partial charge is 0.508 e. The van der Waals surface area contributed by atoms with Gasteiger partial charge in [0.2, 0.25) is 0 Å². The summed E-state index contributed by atoms with van der Waals surface area (Å²) >= 11 is 0. The van der Waals surface area contributed by atoms with Crippen molar-refractivity contribution in [2.75, 3.05) is 13.1 Å². The van der Waals surface area contributed by atoms with E-state index >= 15 is 0 Å². The van der Waals surface area contributed by atoms with E-state index in [1.807, 2.05) is 6.92 Å². The molecule has 3 heterocycles. The minimum absolute atomic E-state index is 0.0760. The summed E-state index contributed by atoms with van der Waals surface area (Å²) < 4.78 is 10.6. The van der Waals surface area contributed by atoms with Crippen molar-refractivity contribution >= 4 is 5.91 Å². The van der Waals surface area contributed by atoms with Gasteiger partial charge in [0.1, 0.15) is 11.9 Å². The SMILES string of the molecule is Cc1cnc(OC2CCN(C(=O)c3cc(O)cc(=O)o3)CC2)nc1. The number of amides is 1. The summed E-state index contributed by atoms with van der Waals surface area (Å²) in [4.78, 5) is 33.3. The van der Waals surface area contributed by atoms with Gasteiger partial charge in [-0.05, 0) is 12.5 Å². The van der Waals surface area contributed by atoms with Crippen LogP contribution in [0.3, 0.4) is 0 Å². The molecule has 8 nitrogen and oxygen atoms in total. The maximum absolute atomic E-state index is 12.3. The molecule has 24 heavy (non-hydrogen) atoms. The number of nitrogens with zero attached hydrogens (tertiary/aromatic N) is 3. The Morgan fingerprint density at radius 3 is 2.58 bits per heavy atom. The highest BCUT2D eigenvalue weighted by Crippen LogP contribution is 2.18. The van der Waals surface area contributed by atoms with Crippen molar-refractivity contribution in [1.82, 2.24) is 14.9 Å². The fourth-order valence-corrected chi connectivity index (χ4v) is 2.49. The van der Waals surface area contributed by atoms with E-state index in [1.54, 1.807) is 17.3 Å². The lowest BCUT2D eigenvalue weighted by Gasteiger charge is -2.31. The predicted molar refractivity (Wildman–Crippen MR) is 83.0 cm³/mol. The van der Waals surface area contributed by atoms with Crippen LogP contribution in [0, 0.1) is 6.92 Å². The molecule has 1 N–H and O–H groups in total. The molecule has 0 unspecified atom stereocenters. The van der Waals surface area contributed by atoms with Gasteiger partial charge in [0, 0.05) is 44.4 Å². The lowest BCUT2D eigenvalue weighted by atomic mass is 10.1. The second kappa shape index (κ2) is 6.69. The van der Waals surface area contributed by atoms with Crippen molar-refractivity contribution < 1.29 is 19.1 Å². The normalized spacial score (nSPS) is 15.3. The van der Waals surface area contributed by atoms with Crippen LogP contribution in [0.25, 0.3) is 0 Å². The Bertz CT molecular complexity index is 779. The van der Waals surface area contributed by atoms with Crippen molar-refractivity contribution in [1.29, 1.82) is 0 Å². The zero-order chi connectivity index (χ0) is 17.1.